The zero-order chi connectivity index (χ0) is 28.2. The van der Waals surface area contributed by atoms with Gasteiger partial charge in [0, 0.05) is 67.2 Å². The number of aryl methyl sites for hydroxylation is 2. The van der Waals surface area contributed by atoms with Crippen molar-refractivity contribution < 1.29 is 9.53 Å². The summed E-state index contributed by atoms with van der Waals surface area (Å²) in [5.74, 6) is 7.48. The van der Waals surface area contributed by atoms with Crippen LogP contribution in [0.4, 0.5) is 0 Å². The van der Waals surface area contributed by atoms with Crippen molar-refractivity contribution in [2.45, 2.75) is 79.3 Å². The molecule has 0 aromatic carbocycles. The molecule has 4 rings (SSSR count). The number of aromatic nitrogens is 1. The molecule has 2 N–H and O–H groups in total. The molecular formula is C32H46N4O3. The highest BCUT2D eigenvalue weighted by atomic mass is 16.5. The van der Waals surface area contributed by atoms with E-state index in [1.165, 1.54) is 5.70 Å². The van der Waals surface area contributed by atoms with E-state index in [1.54, 1.807) is 0 Å². The van der Waals surface area contributed by atoms with Crippen molar-refractivity contribution in [2.24, 2.45) is 11.3 Å². The minimum Gasteiger partial charge on any atom is -0.381 e. The molecule has 2 fully saturated rings. The van der Waals surface area contributed by atoms with Gasteiger partial charge >= 0.3 is 0 Å². The number of nitrogens with one attached hydrogen (secondary N) is 2. The van der Waals surface area contributed by atoms with E-state index in [9.17, 15) is 9.59 Å². The largest absolute Gasteiger partial charge is 0.381 e. The minimum atomic E-state index is -0.444. The van der Waals surface area contributed by atoms with Crippen LogP contribution in [0, 0.1) is 37.0 Å². The third-order valence-corrected chi connectivity index (χ3v) is 8.60. The molecule has 2 aliphatic heterocycles. The number of nitrogens with zero attached hydrogens (tertiary/aromatic N) is 2. The van der Waals surface area contributed by atoms with Crippen LogP contribution in [-0.4, -0.2) is 66.6 Å². The molecule has 0 spiro atoms. The molecule has 7 nitrogen and oxygen atoms in total. The van der Waals surface area contributed by atoms with Crippen LogP contribution in [0.5, 0.6) is 0 Å². The Morgan fingerprint density at radius 1 is 1.21 bits per heavy atom. The predicted octanol–water partition coefficient (Wildman–Crippen LogP) is 4.06. The van der Waals surface area contributed by atoms with Crippen LogP contribution in [0.15, 0.2) is 33.8 Å². The van der Waals surface area contributed by atoms with Gasteiger partial charge in [0.25, 0.3) is 11.5 Å². The summed E-state index contributed by atoms with van der Waals surface area (Å²) in [5, 5.41) is 3.05. The number of hydrogen-bond acceptors (Lipinski definition) is 5. The fraction of sp³-hybridized carbons (Fsp3) is 0.625. The van der Waals surface area contributed by atoms with Crippen LogP contribution in [0.2, 0.25) is 0 Å². The molecule has 212 valence electrons. The molecule has 3 heterocycles. The summed E-state index contributed by atoms with van der Waals surface area (Å²) >= 11 is 0. The van der Waals surface area contributed by atoms with Crippen molar-refractivity contribution in [3.8, 4) is 11.8 Å². The van der Waals surface area contributed by atoms with Gasteiger partial charge in [-0.25, -0.2) is 0 Å². The molecular weight excluding hydrogens is 488 g/mol. The monoisotopic (exact) mass is 534 g/mol. The smallest absolute Gasteiger partial charge is 0.253 e. The first kappa shape index (κ1) is 29.2. The summed E-state index contributed by atoms with van der Waals surface area (Å²) in [6.45, 7) is 15.0. The summed E-state index contributed by atoms with van der Waals surface area (Å²) in [6, 6.07) is 2.34. The molecule has 0 bridgehead atoms. The van der Waals surface area contributed by atoms with E-state index < -0.39 is 5.41 Å². The van der Waals surface area contributed by atoms with Crippen molar-refractivity contribution in [3.05, 3.63) is 56.2 Å². The Bertz CT molecular complexity index is 1240. The van der Waals surface area contributed by atoms with Crippen LogP contribution in [0.3, 0.4) is 0 Å². The lowest BCUT2D eigenvalue weighted by molar-refractivity contribution is -0.117. The SMILES string of the molecule is CCN(C1=C(C)C(C(=O)NCc2c(C)cc(C)[nH]c2=O)=CC(C)(C#CC2CCN(C)CC2)C1)C1CCOCC1. The number of H-pyrrole nitrogens is 1. The lowest BCUT2D eigenvalue weighted by Crippen LogP contribution is -2.42. The Hall–Kier alpha value is -2.82. The number of pyridine rings is 1. The van der Waals surface area contributed by atoms with Crippen LogP contribution in [0.25, 0.3) is 0 Å². The van der Waals surface area contributed by atoms with Gasteiger partial charge in [-0.2, -0.15) is 0 Å². The van der Waals surface area contributed by atoms with Gasteiger partial charge in [-0.15, -0.1) is 0 Å². The van der Waals surface area contributed by atoms with E-state index >= 15 is 0 Å². The van der Waals surface area contributed by atoms with Gasteiger partial charge in [-0.1, -0.05) is 17.9 Å². The van der Waals surface area contributed by atoms with E-state index in [2.05, 4.69) is 65.8 Å². The van der Waals surface area contributed by atoms with E-state index in [-0.39, 0.29) is 18.0 Å². The zero-order valence-electron chi connectivity index (χ0n) is 24.7. The van der Waals surface area contributed by atoms with E-state index in [1.807, 2.05) is 19.9 Å². The second-order valence-electron chi connectivity index (χ2n) is 11.8. The molecule has 1 aliphatic carbocycles. The summed E-state index contributed by atoms with van der Waals surface area (Å²) in [5.41, 5.74) is 4.59. The number of rotatable bonds is 6. The Morgan fingerprint density at radius 2 is 1.90 bits per heavy atom. The number of aromatic amines is 1. The zero-order valence-corrected chi connectivity index (χ0v) is 24.7. The molecule has 1 aromatic heterocycles. The summed E-state index contributed by atoms with van der Waals surface area (Å²) in [7, 11) is 2.17. The topological polar surface area (TPSA) is 77.7 Å². The highest BCUT2D eigenvalue weighted by Gasteiger charge is 2.35. The first-order valence-corrected chi connectivity index (χ1v) is 14.6. The summed E-state index contributed by atoms with van der Waals surface area (Å²) in [4.78, 5) is 34.0. The number of carbonyl (C=O) groups is 1. The molecule has 0 saturated carbocycles. The van der Waals surface area contributed by atoms with E-state index in [0.717, 1.165) is 81.8 Å². The molecule has 1 unspecified atom stereocenters. The second-order valence-corrected chi connectivity index (χ2v) is 11.8. The van der Waals surface area contributed by atoms with E-state index in [4.69, 9.17) is 4.74 Å². The highest BCUT2D eigenvalue weighted by Crippen LogP contribution is 2.40. The number of hydrogen-bond donors (Lipinski definition) is 2. The maximum absolute atomic E-state index is 13.7. The van der Waals surface area contributed by atoms with Crippen molar-refractivity contribution in [1.29, 1.82) is 0 Å². The molecule has 1 amide bonds. The van der Waals surface area contributed by atoms with Crippen molar-refractivity contribution >= 4 is 5.91 Å². The standard InChI is InChI=1S/C32H46N4O3/c1-7-36(26-11-16-39-17-12-26)29-20-32(5,13-8-25-9-14-35(6)15-10-25)19-27(24(29)4)30(37)33-21-28-22(2)18-23(3)34-31(28)38/h18-19,25-26H,7,9-12,14-17,20-21H2,1-6H3,(H,33,37)(H,34,38). The Labute approximate surface area is 234 Å². The molecule has 1 aromatic rings. The van der Waals surface area contributed by atoms with Gasteiger partial charge in [0.15, 0.2) is 0 Å². The van der Waals surface area contributed by atoms with Gasteiger partial charge in [-0.05, 0) is 97.6 Å². The van der Waals surface area contributed by atoms with Crippen LogP contribution >= 0.6 is 0 Å². The van der Waals surface area contributed by atoms with Crippen molar-refractivity contribution in [1.82, 2.24) is 20.1 Å². The predicted molar refractivity (Wildman–Crippen MR) is 156 cm³/mol. The van der Waals surface area contributed by atoms with Gasteiger partial charge in [0.1, 0.15) is 0 Å². The van der Waals surface area contributed by atoms with Crippen molar-refractivity contribution in [3.63, 3.8) is 0 Å². The molecule has 0 radical (unpaired) electrons. The normalized spacial score (nSPS) is 23.2. The minimum absolute atomic E-state index is 0.149. The lowest BCUT2D eigenvalue weighted by Gasteiger charge is -2.42. The lowest BCUT2D eigenvalue weighted by atomic mass is 9.76. The Kier molecular flexibility index (Phi) is 9.40. The molecule has 3 aliphatic rings. The van der Waals surface area contributed by atoms with Gasteiger partial charge < -0.3 is 24.8 Å². The molecule has 1 atom stereocenters. The maximum atomic E-state index is 13.7. The van der Waals surface area contributed by atoms with Crippen LogP contribution in [-0.2, 0) is 16.1 Å². The van der Waals surface area contributed by atoms with Crippen molar-refractivity contribution in [2.75, 3.05) is 39.9 Å². The summed E-state index contributed by atoms with van der Waals surface area (Å²) in [6.07, 6.45) is 7.02. The first-order valence-electron chi connectivity index (χ1n) is 14.6. The van der Waals surface area contributed by atoms with Gasteiger partial charge in [-0.3, -0.25) is 9.59 Å². The molecule has 2 saturated heterocycles. The molecule has 7 heteroatoms. The quantitative estimate of drug-likeness (QED) is 0.538. The fourth-order valence-electron chi connectivity index (χ4n) is 6.20. The third-order valence-electron chi connectivity index (χ3n) is 8.60. The maximum Gasteiger partial charge on any atom is 0.253 e. The van der Waals surface area contributed by atoms with Crippen LogP contribution < -0.4 is 10.9 Å². The Morgan fingerprint density at radius 3 is 2.54 bits per heavy atom. The fourth-order valence-corrected chi connectivity index (χ4v) is 6.20. The number of piperidine rings is 1. The van der Waals surface area contributed by atoms with Gasteiger partial charge in [0.05, 0.1) is 5.41 Å². The number of allylic oxidation sites excluding steroid dienone is 2. The highest BCUT2D eigenvalue weighted by molar-refractivity contribution is 5.98. The average Bonchev–Trinajstić information content (AvgIpc) is 2.90. The number of likely N-dealkylation sites (tertiary alicyclic amines) is 1. The number of carbonyl (C=O) groups excluding carboxylic acids is 1. The molecule has 39 heavy (non-hydrogen) atoms. The van der Waals surface area contributed by atoms with Crippen LogP contribution in [0.1, 0.15) is 69.7 Å². The summed E-state index contributed by atoms with van der Waals surface area (Å²) < 4.78 is 5.65. The van der Waals surface area contributed by atoms with Gasteiger partial charge in [0.2, 0.25) is 0 Å². The average molecular weight is 535 g/mol. The van der Waals surface area contributed by atoms with E-state index in [0.29, 0.717) is 23.1 Å². The Balaban J connectivity index is 1.65. The second kappa shape index (κ2) is 12.6. The number of amides is 1. The third kappa shape index (κ3) is 7.04. The number of ether oxygens (including phenoxy) is 1. The first-order chi connectivity index (χ1) is 18.6.